The molecular weight excluding hydrogens is 186 g/mol. The molecule has 0 aliphatic rings. The summed E-state index contributed by atoms with van der Waals surface area (Å²) in [6.07, 6.45) is 0.989. The maximum Gasteiger partial charge on any atom is 0.141 e. The van der Waals surface area contributed by atoms with E-state index in [-0.39, 0.29) is 5.75 Å². The predicted molar refractivity (Wildman–Crippen MR) is 62.6 cm³/mol. The zero-order chi connectivity index (χ0) is 10.7. The molecule has 0 fully saturated rings. The molecule has 2 aromatic rings. The highest BCUT2D eigenvalue weighted by Gasteiger charge is 2.06. The van der Waals surface area contributed by atoms with Crippen molar-refractivity contribution in [3.63, 3.8) is 0 Å². The monoisotopic (exact) mass is 200 g/mol. The van der Waals surface area contributed by atoms with Gasteiger partial charge in [0.25, 0.3) is 0 Å². The number of aromatic hydroxyl groups is 1. The molecule has 1 radical (unpaired) electrons. The second-order valence-corrected chi connectivity index (χ2v) is 3.54. The van der Waals surface area contributed by atoms with Gasteiger partial charge in [-0.25, -0.2) is 0 Å². The van der Waals surface area contributed by atoms with Crippen molar-refractivity contribution in [3.05, 3.63) is 36.4 Å². The molecule has 15 heavy (non-hydrogen) atoms. The van der Waals surface area contributed by atoms with Gasteiger partial charge < -0.3 is 5.11 Å². The van der Waals surface area contributed by atoms with Crippen LogP contribution < -0.4 is 5.32 Å². The van der Waals surface area contributed by atoms with E-state index in [1.807, 2.05) is 30.3 Å². The highest BCUT2D eigenvalue weighted by atomic mass is 16.3. The lowest BCUT2D eigenvalue weighted by Gasteiger charge is -2.08. The Morgan fingerprint density at radius 3 is 2.73 bits per heavy atom. The van der Waals surface area contributed by atoms with Crippen molar-refractivity contribution in [3.8, 4) is 5.75 Å². The van der Waals surface area contributed by atoms with E-state index in [0.717, 1.165) is 29.4 Å². The quantitative estimate of drug-likeness (QED) is 0.811. The summed E-state index contributed by atoms with van der Waals surface area (Å²) in [6.45, 7) is 2.83. The van der Waals surface area contributed by atoms with Gasteiger partial charge in [0.05, 0.1) is 0 Å². The van der Waals surface area contributed by atoms with Crippen molar-refractivity contribution in [2.75, 3.05) is 6.54 Å². The molecule has 2 heteroatoms. The Labute approximate surface area is 89.6 Å². The summed E-state index contributed by atoms with van der Waals surface area (Å²) < 4.78 is 0. The molecule has 0 aliphatic heterocycles. The average molecular weight is 200 g/mol. The van der Waals surface area contributed by atoms with E-state index >= 15 is 0 Å². The van der Waals surface area contributed by atoms with Crippen molar-refractivity contribution < 1.29 is 5.11 Å². The molecule has 0 spiro atoms. The van der Waals surface area contributed by atoms with E-state index in [1.54, 1.807) is 6.07 Å². The first-order valence-corrected chi connectivity index (χ1v) is 5.21. The lowest BCUT2D eigenvalue weighted by molar-refractivity contribution is 0.473. The molecule has 0 bridgehead atoms. The summed E-state index contributed by atoms with van der Waals surface area (Å²) in [6, 6.07) is 11.6. The first-order chi connectivity index (χ1) is 7.33. The van der Waals surface area contributed by atoms with Crippen molar-refractivity contribution in [2.45, 2.75) is 13.3 Å². The molecule has 0 aromatic heterocycles. The summed E-state index contributed by atoms with van der Waals surface area (Å²) in [5.74, 6) is 0.266. The van der Waals surface area contributed by atoms with Crippen LogP contribution in [0.3, 0.4) is 0 Å². The van der Waals surface area contributed by atoms with E-state index in [2.05, 4.69) is 12.2 Å². The number of phenols is 1. The third-order valence-corrected chi connectivity index (χ3v) is 2.37. The second-order valence-electron chi connectivity index (χ2n) is 3.54. The van der Waals surface area contributed by atoms with E-state index in [0.29, 0.717) is 0 Å². The van der Waals surface area contributed by atoms with Gasteiger partial charge >= 0.3 is 0 Å². The van der Waals surface area contributed by atoms with Gasteiger partial charge in [-0.1, -0.05) is 37.3 Å². The van der Waals surface area contributed by atoms with Crippen molar-refractivity contribution >= 4 is 16.5 Å². The minimum Gasteiger partial charge on any atom is -0.506 e. The number of nitrogens with zero attached hydrogens (tertiary/aromatic N) is 1. The number of benzene rings is 2. The third kappa shape index (κ3) is 1.89. The van der Waals surface area contributed by atoms with Gasteiger partial charge in [-0.15, -0.1) is 0 Å². The molecule has 2 aromatic carbocycles. The maximum absolute atomic E-state index is 9.74. The molecule has 0 unspecified atom stereocenters. The number of fused-ring (bicyclic) bond motifs is 1. The van der Waals surface area contributed by atoms with Gasteiger partial charge in [-0.2, -0.15) is 0 Å². The Hall–Kier alpha value is -1.70. The Morgan fingerprint density at radius 2 is 1.93 bits per heavy atom. The molecule has 77 valence electrons. The van der Waals surface area contributed by atoms with Gasteiger partial charge in [0.2, 0.25) is 0 Å². The Balaban J connectivity index is 2.53. The Kier molecular flexibility index (Phi) is 2.77. The second kappa shape index (κ2) is 4.22. The normalized spacial score (nSPS) is 10.5. The standard InChI is InChI=1S/C13H14NO/c1-2-9-14-13-11-6-4-3-5-10(11)7-8-12(13)15/h3-8,15H,2,9H2,1H3. The smallest absolute Gasteiger partial charge is 0.141 e. The fraction of sp³-hybridized carbons (Fsp3) is 0.231. The van der Waals surface area contributed by atoms with Crippen LogP contribution in [0, 0.1) is 0 Å². The van der Waals surface area contributed by atoms with Gasteiger partial charge in [0.1, 0.15) is 11.4 Å². The lowest BCUT2D eigenvalue weighted by Crippen LogP contribution is -1.99. The molecule has 0 amide bonds. The van der Waals surface area contributed by atoms with Crippen LogP contribution in [0.15, 0.2) is 36.4 Å². The van der Waals surface area contributed by atoms with Crippen LogP contribution >= 0.6 is 0 Å². The van der Waals surface area contributed by atoms with Crippen LogP contribution in [0.1, 0.15) is 13.3 Å². The topological polar surface area (TPSA) is 34.3 Å². The van der Waals surface area contributed by atoms with Crippen LogP contribution in [0.4, 0.5) is 5.69 Å². The fourth-order valence-corrected chi connectivity index (χ4v) is 1.63. The molecule has 2 nitrogen and oxygen atoms in total. The van der Waals surface area contributed by atoms with Gasteiger partial charge in [-0.3, -0.25) is 5.32 Å². The molecule has 0 heterocycles. The average Bonchev–Trinajstić information content (AvgIpc) is 2.28. The van der Waals surface area contributed by atoms with E-state index in [4.69, 9.17) is 0 Å². The highest BCUT2D eigenvalue weighted by Crippen LogP contribution is 2.32. The molecule has 1 N–H and O–H groups in total. The first kappa shape index (κ1) is 9.84. The number of rotatable bonds is 3. The summed E-state index contributed by atoms with van der Waals surface area (Å²) in [7, 11) is 0. The molecule has 2 rings (SSSR count). The zero-order valence-corrected chi connectivity index (χ0v) is 8.77. The summed E-state index contributed by atoms with van der Waals surface area (Å²) >= 11 is 0. The van der Waals surface area contributed by atoms with Crippen LogP contribution in [0.2, 0.25) is 0 Å². The number of hydrogen-bond donors (Lipinski definition) is 1. The molecule has 0 aliphatic carbocycles. The predicted octanol–water partition coefficient (Wildman–Crippen LogP) is 3.19. The van der Waals surface area contributed by atoms with Crippen LogP contribution in [0.25, 0.3) is 10.8 Å². The van der Waals surface area contributed by atoms with Crippen molar-refractivity contribution in [1.82, 2.24) is 5.32 Å². The van der Waals surface area contributed by atoms with Crippen LogP contribution in [-0.4, -0.2) is 11.7 Å². The number of hydrogen-bond acceptors (Lipinski definition) is 1. The summed E-state index contributed by atoms with van der Waals surface area (Å²) in [4.78, 5) is 0. The summed E-state index contributed by atoms with van der Waals surface area (Å²) in [5.41, 5.74) is 0.718. The van der Waals surface area contributed by atoms with Crippen LogP contribution in [0.5, 0.6) is 5.75 Å². The molecule has 0 saturated heterocycles. The molecular formula is C13H14NO. The summed E-state index contributed by atoms with van der Waals surface area (Å²) in [5, 5.41) is 16.3. The largest absolute Gasteiger partial charge is 0.506 e. The third-order valence-electron chi connectivity index (χ3n) is 2.37. The SMILES string of the molecule is CCC[N]c1c(O)ccc2ccccc12. The fourth-order valence-electron chi connectivity index (χ4n) is 1.63. The van der Waals surface area contributed by atoms with Gasteiger partial charge in [0, 0.05) is 11.9 Å². The highest BCUT2D eigenvalue weighted by molar-refractivity contribution is 5.94. The van der Waals surface area contributed by atoms with Crippen LogP contribution in [-0.2, 0) is 0 Å². The Bertz CT molecular complexity index is 465. The van der Waals surface area contributed by atoms with Crippen molar-refractivity contribution in [1.29, 1.82) is 0 Å². The minimum atomic E-state index is 0.266. The van der Waals surface area contributed by atoms with E-state index < -0.39 is 0 Å². The minimum absolute atomic E-state index is 0.266. The van der Waals surface area contributed by atoms with Crippen molar-refractivity contribution in [2.24, 2.45) is 0 Å². The maximum atomic E-state index is 9.74. The van der Waals surface area contributed by atoms with Gasteiger partial charge in [-0.05, 0) is 17.9 Å². The molecule has 0 atom stereocenters. The lowest BCUT2D eigenvalue weighted by atomic mass is 10.1. The van der Waals surface area contributed by atoms with E-state index in [1.165, 1.54) is 0 Å². The van der Waals surface area contributed by atoms with Gasteiger partial charge in [0.15, 0.2) is 0 Å². The molecule has 0 saturated carbocycles. The Morgan fingerprint density at radius 1 is 1.13 bits per heavy atom. The number of phenolic OH excluding ortho intramolecular Hbond substituents is 1. The zero-order valence-electron chi connectivity index (χ0n) is 8.77. The van der Waals surface area contributed by atoms with E-state index in [9.17, 15) is 5.11 Å². The first-order valence-electron chi connectivity index (χ1n) is 5.21.